The van der Waals surface area contributed by atoms with Crippen molar-refractivity contribution < 1.29 is 18.4 Å². The van der Waals surface area contributed by atoms with Gasteiger partial charge in [-0.3, -0.25) is 4.79 Å². The van der Waals surface area contributed by atoms with Crippen LogP contribution in [-0.4, -0.2) is 54.6 Å². The van der Waals surface area contributed by atoms with Crippen LogP contribution in [0.3, 0.4) is 0 Å². The van der Waals surface area contributed by atoms with Crippen LogP contribution in [-0.2, 0) is 18.4 Å². The van der Waals surface area contributed by atoms with Gasteiger partial charge in [0.1, 0.15) is 0 Å². The molecule has 0 atom stereocenters. The van der Waals surface area contributed by atoms with Crippen molar-refractivity contribution in [3.8, 4) is 0 Å². The number of carbonyl (C=O) groups is 2. The highest BCUT2D eigenvalue weighted by molar-refractivity contribution is 6.99. The van der Waals surface area contributed by atoms with E-state index in [9.17, 15) is 9.59 Å². The molecule has 3 rings (SSSR count). The molecule has 0 bridgehead atoms. The number of carbonyl (C=O) groups excluding carboxylic acids is 2. The van der Waals surface area contributed by atoms with Crippen LogP contribution in [0.5, 0.6) is 0 Å². The zero-order valence-electron chi connectivity index (χ0n) is 19.4. The molecular weight excluding hydrogens is 446 g/mol. The van der Waals surface area contributed by atoms with E-state index in [4.69, 9.17) is 8.85 Å². The SMILES string of the molecule is C=C(C)C(=O)OCCC[Si]O[Si](CCCN1CCCC1=O)(c1ccccc1)c1ccccc1. The Morgan fingerprint density at radius 1 is 1.06 bits per heavy atom. The highest BCUT2D eigenvalue weighted by atomic mass is 28.4. The first-order chi connectivity index (χ1) is 16.0. The van der Waals surface area contributed by atoms with E-state index < -0.39 is 8.32 Å². The highest BCUT2D eigenvalue weighted by Crippen LogP contribution is 2.19. The fraction of sp³-hybridized carbons (Fsp3) is 0.385. The van der Waals surface area contributed by atoms with E-state index >= 15 is 0 Å². The molecule has 0 spiro atoms. The number of amides is 1. The van der Waals surface area contributed by atoms with E-state index in [2.05, 4.69) is 55.1 Å². The lowest BCUT2D eigenvalue weighted by Gasteiger charge is -2.33. The van der Waals surface area contributed by atoms with E-state index in [-0.39, 0.29) is 11.9 Å². The van der Waals surface area contributed by atoms with Crippen molar-refractivity contribution in [2.75, 3.05) is 19.7 Å². The van der Waals surface area contributed by atoms with E-state index in [1.807, 2.05) is 17.0 Å². The first kappa shape index (κ1) is 25.1. The minimum atomic E-state index is -2.49. The molecule has 2 radical (unpaired) electrons. The van der Waals surface area contributed by atoms with Crippen molar-refractivity contribution >= 4 is 40.3 Å². The summed E-state index contributed by atoms with van der Waals surface area (Å²) < 4.78 is 12.1. The molecule has 5 nitrogen and oxygen atoms in total. The summed E-state index contributed by atoms with van der Waals surface area (Å²) in [5, 5.41) is 2.51. The van der Waals surface area contributed by atoms with E-state index in [1.165, 1.54) is 10.4 Å². The fourth-order valence-electron chi connectivity index (χ4n) is 4.10. The van der Waals surface area contributed by atoms with Crippen LogP contribution in [0.15, 0.2) is 72.8 Å². The summed E-state index contributed by atoms with van der Waals surface area (Å²) in [5.74, 6) is -0.0678. The summed E-state index contributed by atoms with van der Waals surface area (Å²) in [6, 6.07) is 22.9. The van der Waals surface area contributed by atoms with E-state index in [0.29, 0.717) is 28.4 Å². The maximum absolute atomic E-state index is 12.1. The second kappa shape index (κ2) is 12.7. The molecule has 0 unspecified atom stereocenters. The second-order valence-electron chi connectivity index (χ2n) is 8.41. The molecule has 0 saturated carbocycles. The van der Waals surface area contributed by atoms with Gasteiger partial charge in [-0.25, -0.2) is 4.79 Å². The molecule has 1 amide bonds. The lowest BCUT2D eigenvalue weighted by atomic mass is 10.4. The van der Waals surface area contributed by atoms with Gasteiger partial charge in [0, 0.05) is 25.1 Å². The number of benzene rings is 2. The molecule has 1 heterocycles. The van der Waals surface area contributed by atoms with Gasteiger partial charge in [-0.05, 0) is 48.6 Å². The number of hydrogen-bond donors (Lipinski definition) is 0. The zero-order chi connectivity index (χ0) is 23.5. The minimum absolute atomic E-state index is 0.272. The second-order valence-corrected chi connectivity index (χ2v) is 13.3. The quantitative estimate of drug-likeness (QED) is 0.191. The Morgan fingerprint density at radius 2 is 1.70 bits per heavy atom. The summed E-state index contributed by atoms with van der Waals surface area (Å²) in [7, 11) is -2.18. The summed E-state index contributed by atoms with van der Waals surface area (Å²) in [5.41, 5.74) is 0.421. The van der Waals surface area contributed by atoms with Crippen LogP contribution >= 0.6 is 0 Å². The van der Waals surface area contributed by atoms with Gasteiger partial charge >= 0.3 is 5.97 Å². The zero-order valence-corrected chi connectivity index (χ0v) is 21.4. The Bertz CT molecular complexity index is 881. The Kier molecular flexibility index (Phi) is 9.66. The van der Waals surface area contributed by atoms with Crippen molar-refractivity contribution in [1.82, 2.24) is 4.90 Å². The number of hydrogen-bond acceptors (Lipinski definition) is 4. The maximum Gasteiger partial charge on any atom is 0.333 e. The number of likely N-dealkylation sites (tertiary alicyclic amines) is 1. The van der Waals surface area contributed by atoms with Crippen molar-refractivity contribution in [3.63, 3.8) is 0 Å². The predicted octanol–water partition coefficient (Wildman–Crippen LogP) is 3.32. The summed E-state index contributed by atoms with van der Waals surface area (Å²) in [6.45, 7) is 7.31. The molecule has 33 heavy (non-hydrogen) atoms. The largest absolute Gasteiger partial charge is 0.462 e. The predicted molar refractivity (Wildman–Crippen MR) is 135 cm³/mol. The van der Waals surface area contributed by atoms with Crippen LogP contribution in [0.1, 0.15) is 32.6 Å². The van der Waals surface area contributed by atoms with Gasteiger partial charge in [0.2, 0.25) is 24.0 Å². The molecule has 0 aromatic heterocycles. The monoisotopic (exact) mass is 479 g/mol. The molecule has 0 aliphatic carbocycles. The third kappa shape index (κ3) is 7.00. The molecule has 1 aliphatic heterocycles. The minimum Gasteiger partial charge on any atom is -0.462 e. The lowest BCUT2D eigenvalue weighted by molar-refractivity contribution is -0.139. The Morgan fingerprint density at radius 3 is 2.24 bits per heavy atom. The van der Waals surface area contributed by atoms with Crippen molar-refractivity contribution in [2.24, 2.45) is 0 Å². The number of rotatable bonds is 13. The molecule has 1 fully saturated rings. The van der Waals surface area contributed by atoms with E-state index in [1.54, 1.807) is 6.92 Å². The van der Waals surface area contributed by atoms with Gasteiger partial charge in [-0.15, -0.1) is 0 Å². The van der Waals surface area contributed by atoms with Gasteiger partial charge in [0.15, 0.2) is 0 Å². The van der Waals surface area contributed by atoms with Crippen molar-refractivity contribution in [2.45, 2.75) is 44.7 Å². The van der Waals surface area contributed by atoms with Gasteiger partial charge in [0.05, 0.1) is 6.61 Å². The molecule has 7 heteroatoms. The highest BCUT2D eigenvalue weighted by Gasteiger charge is 2.39. The molecule has 2 aromatic rings. The molecular formula is C26H33NO4Si2. The normalized spacial score (nSPS) is 13.8. The fourth-order valence-corrected chi connectivity index (χ4v) is 10.2. The summed E-state index contributed by atoms with van der Waals surface area (Å²) in [6.07, 6.45) is 3.32. The summed E-state index contributed by atoms with van der Waals surface area (Å²) in [4.78, 5) is 25.7. The Labute approximate surface area is 200 Å². The maximum atomic E-state index is 12.1. The first-order valence-electron chi connectivity index (χ1n) is 11.7. The summed E-state index contributed by atoms with van der Waals surface area (Å²) >= 11 is 0. The first-order valence-corrected chi connectivity index (χ1v) is 14.9. The van der Waals surface area contributed by atoms with Crippen LogP contribution in [0.2, 0.25) is 12.1 Å². The standard InChI is InChI=1S/C26H33NO4Si2/c1-22(2)26(29)30-19-11-20-32-31-33(23-12-5-3-6-13-23,24-14-7-4-8-15-24)21-10-18-27-17-9-16-25(27)28/h3-8,12-15H,1,9-11,16-21H2,2H3. The van der Waals surface area contributed by atoms with Crippen LogP contribution in [0.4, 0.5) is 0 Å². The topological polar surface area (TPSA) is 55.8 Å². The van der Waals surface area contributed by atoms with Gasteiger partial charge in [-0.2, -0.15) is 0 Å². The van der Waals surface area contributed by atoms with Crippen molar-refractivity contribution in [1.29, 1.82) is 0 Å². The Balaban J connectivity index is 1.71. The van der Waals surface area contributed by atoms with Crippen LogP contribution in [0.25, 0.3) is 0 Å². The van der Waals surface area contributed by atoms with E-state index in [0.717, 1.165) is 44.4 Å². The molecule has 2 aromatic carbocycles. The third-order valence-corrected chi connectivity index (χ3v) is 12.0. The van der Waals surface area contributed by atoms with Gasteiger partial charge < -0.3 is 13.8 Å². The molecule has 1 saturated heterocycles. The molecule has 174 valence electrons. The van der Waals surface area contributed by atoms with Gasteiger partial charge in [0.25, 0.3) is 0 Å². The number of ether oxygens (including phenoxy) is 1. The van der Waals surface area contributed by atoms with Gasteiger partial charge in [-0.1, -0.05) is 67.2 Å². The Hall–Kier alpha value is -2.49. The average molecular weight is 480 g/mol. The molecule has 0 N–H and O–H groups in total. The lowest BCUT2D eigenvalue weighted by Crippen LogP contribution is -2.61. The van der Waals surface area contributed by atoms with Crippen LogP contribution < -0.4 is 10.4 Å². The van der Waals surface area contributed by atoms with Crippen LogP contribution in [0, 0.1) is 0 Å². The third-order valence-electron chi connectivity index (χ3n) is 5.86. The number of nitrogens with zero attached hydrogens (tertiary/aromatic N) is 1. The number of esters is 1. The van der Waals surface area contributed by atoms with Crippen molar-refractivity contribution in [3.05, 3.63) is 72.8 Å². The molecule has 1 aliphatic rings. The smallest absolute Gasteiger partial charge is 0.333 e. The average Bonchev–Trinajstić information content (AvgIpc) is 3.25.